The Morgan fingerprint density at radius 3 is 2.86 bits per heavy atom. The molecule has 0 saturated heterocycles. The molecule has 2 aromatic heterocycles. The number of hydrogen-bond acceptors (Lipinski definition) is 4. The summed E-state index contributed by atoms with van der Waals surface area (Å²) in [5.74, 6) is 1.31. The van der Waals surface area contributed by atoms with Gasteiger partial charge in [0.15, 0.2) is 0 Å². The molecular formula is C16H16N4O2. The molecule has 3 aromatic rings. The molecule has 1 aromatic carbocycles. The zero-order valence-corrected chi connectivity index (χ0v) is 12.4. The second kappa shape index (κ2) is 5.85. The normalized spacial score (nSPS) is 10.6. The Morgan fingerprint density at radius 2 is 2.18 bits per heavy atom. The van der Waals surface area contributed by atoms with Gasteiger partial charge in [-0.15, -0.1) is 0 Å². The Morgan fingerprint density at radius 1 is 1.36 bits per heavy atom. The predicted molar refractivity (Wildman–Crippen MR) is 81.1 cm³/mol. The molecule has 0 aliphatic heterocycles. The van der Waals surface area contributed by atoms with Crippen LogP contribution >= 0.6 is 0 Å². The molecule has 0 aliphatic carbocycles. The maximum Gasteiger partial charge on any atom is 0.252 e. The minimum Gasteiger partial charge on any atom is -0.361 e. The monoisotopic (exact) mass is 296 g/mol. The molecule has 0 unspecified atom stereocenters. The number of aromatic nitrogens is 3. The van der Waals surface area contributed by atoms with Gasteiger partial charge in [0.05, 0.1) is 12.1 Å². The van der Waals surface area contributed by atoms with Gasteiger partial charge >= 0.3 is 0 Å². The van der Waals surface area contributed by atoms with Crippen molar-refractivity contribution in [3.05, 3.63) is 59.7 Å². The number of hydrogen-bond donors (Lipinski definition) is 1. The minimum atomic E-state index is -0.167. The van der Waals surface area contributed by atoms with Gasteiger partial charge in [-0.05, 0) is 13.0 Å². The third-order valence-corrected chi connectivity index (χ3v) is 3.34. The van der Waals surface area contributed by atoms with E-state index in [4.69, 9.17) is 4.52 Å². The van der Waals surface area contributed by atoms with Crippen molar-refractivity contribution in [2.24, 2.45) is 7.05 Å². The lowest BCUT2D eigenvalue weighted by atomic mass is 10.1. The number of carbonyl (C=O) groups excluding carboxylic acids is 1. The van der Waals surface area contributed by atoms with Gasteiger partial charge < -0.3 is 14.4 Å². The molecule has 0 bridgehead atoms. The van der Waals surface area contributed by atoms with Crippen molar-refractivity contribution < 1.29 is 9.32 Å². The molecule has 0 spiro atoms. The molecule has 112 valence electrons. The van der Waals surface area contributed by atoms with Gasteiger partial charge in [0, 0.05) is 31.1 Å². The average Bonchev–Trinajstić information content (AvgIpc) is 3.13. The van der Waals surface area contributed by atoms with Gasteiger partial charge in [0.2, 0.25) is 0 Å². The van der Waals surface area contributed by atoms with Crippen molar-refractivity contribution in [1.29, 1.82) is 0 Å². The van der Waals surface area contributed by atoms with Crippen LogP contribution in [0.2, 0.25) is 0 Å². The summed E-state index contributed by atoms with van der Waals surface area (Å²) in [7, 11) is 1.90. The maximum atomic E-state index is 12.4. The van der Waals surface area contributed by atoms with Crippen molar-refractivity contribution in [3.63, 3.8) is 0 Å². The number of aryl methyl sites for hydroxylation is 2. The van der Waals surface area contributed by atoms with Crippen LogP contribution in [0.4, 0.5) is 0 Å². The van der Waals surface area contributed by atoms with Crippen LogP contribution in [-0.4, -0.2) is 20.6 Å². The number of benzene rings is 1. The summed E-state index contributed by atoms with van der Waals surface area (Å²) >= 11 is 0. The smallest absolute Gasteiger partial charge is 0.252 e. The van der Waals surface area contributed by atoms with E-state index in [1.165, 1.54) is 0 Å². The van der Waals surface area contributed by atoms with Crippen LogP contribution in [0.15, 0.2) is 47.2 Å². The lowest BCUT2D eigenvalue weighted by Crippen LogP contribution is -2.23. The number of amides is 1. The highest BCUT2D eigenvalue weighted by Gasteiger charge is 2.15. The third kappa shape index (κ3) is 2.76. The molecule has 1 amide bonds. The van der Waals surface area contributed by atoms with Crippen molar-refractivity contribution in [2.45, 2.75) is 13.5 Å². The summed E-state index contributed by atoms with van der Waals surface area (Å²) in [6, 6.07) is 9.19. The van der Waals surface area contributed by atoms with E-state index in [1.807, 2.05) is 42.9 Å². The fraction of sp³-hybridized carbons (Fsp3) is 0.188. The Bertz CT molecular complexity index is 804. The maximum absolute atomic E-state index is 12.4. The molecule has 0 saturated carbocycles. The third-order valence-electron chi connectivity index (χ3n) is 3.34. The van der Waals surface area contributed by atoms with Crippen molar-refractivity contribution in [3.8, 4) is 11.4 Å². The molecule has 0 aliphatic rings. The van der Waals surface area contributed by atoms with Crippen LogP contribution < -0.4 is 5.32 Å². The molecule has 0 radical (unpaired) electrons. The summed E-state index contributed by atoms with van der Waals surface area (Å²) in [4.78, 5) is 16.8. The Kier molecular flexibility index (Phi) is 3.74. The quantitative estimate of drug-likeness (QED) is 0.802. The first kappa shape index (κ1) is 14.1. The molecule has 22 heavy (non-hydrogen) atoms. The highest BCUT2D eigenvalue weighted by molar-refractivity contribution is 6.00. The summed E-state index contributed by atoms with van der Waals surface area (Å²) < 4.78 is 6.87. The number of nitrogens with zero attached hydrogens (tertiary/aromatic N) is 3. The van der Waals surface area contributed by atoms with Crippen LogP contribution in [0, 0.1) is 6.92 Å². The SMILES string of the molecule is Cc1cc(CNC(=O)c2ccccc2-c2nccn2C)no1. The molecule has 0 fully saturated rings. The van der Waals surface area contributed by atoms with Gasteiger partial charge in [-0.1, -0.05) is 23.4 Å². The van der Waals surface area contributed by atoms with E-state index in [-0.39, 0.29) is 5.91 Å². The number of nitrogens with one attached hydrogen (secondary N) is 1. The van der Waals surface area contributed by atoms with Crippen LogP contribution in [0.1, 0.15) is 21.8 Å². The van der Waals surface area contributed by atoms with Gasteiger partial charge in [-0.3, -0.25) is 4.79 Å². The molecule has 6 heteroatoms. The van der Waals surface area contributed by atoms with Gasteiger partial charge in [-0.2, -0.15) is 0 Å². The van der Waals surface area contributed by atoms with E-state index >= 15 is 0 Å². The first-order valence-corrected chi connectivity index (χ1v) is 6.92. The largest absolute Gasteiger partial charge is 0.361 e. The summed E-state index contributed by atoms with van der Waals surface area (Å²) in [6.45, 7) is 2.14. The average molecular weight is 296 g/mol. The Balaban J connectivity index is 1.82. The Labute approximate surface area is 127 Å². The number of rotatable bonds is 4. The van der Waals surface area contributed by atoms with Crippen molar-refractivity contribution in [2.75, 3.05) is 0 Å². The van der Waals surface area contributed by atoms with Crippen molar-refractivity contribution >= 4 is 5.91 Å². The van der Waals surface area contributed by atoms with E-state index in [0.717, 1.165) is 17.1 Å². The van der Waals surface area contributed by atoms with Gasteiger partial charge in [0.25, 0.3) is 5.91 Å². The number of imidazole rings is 1. The second-order valence-electron chi connectivity index (χ2n) is 5.02. The molecule has 3 rings (SSSR count). The summed E-state index contributed by atoms with van der Waals surface area (Å²) in [5.41, 5.74) is 2.07. The van der Waals surface area contributed by atoms with E-state index in [9.17, 15) is 4.79 Å². The lowest BCUT2D eigenvalue weighted by Gasteiger charge is -2.09. The number of carbonyl (C=O) groups is 1. The summed E-state index contributed by atoms with van der Waals surface area (Å²) in [6.07, 6.45) is 3.56. The lowest BCUT2D eigenvalue weighted by molar-refractivity contribution is 0.0950. The Hall–Kier alpha value is -2.89. The summed E-state index contributed by atoms with van der Waals surface area (Å²) in [5, 5.41) is 6.71. The standard InChI is InChI=1S/C16H16N4O2/c1-11-9-12(19-22-11)10-18-16(21)14-6-4-3-5-13(14)15-17-7-8-20(15)2/h3-9H,10H2,1-2H3,(H,18,21). The van der Waals surface area contributed by atoms with Gasteiger partial charge in [-0.25, -0.2) is 4.98 Å². The molecule has 0 atom stereocenters. The first-order chi connectivity index (χ1) is 10.6. The molecule has 1 N–H and O–H groups in total. The van der Waals surface area contributed by atoms with Crippen LogP contribution in [-0.2, 0) is 13.6 Å². The zero-order chi connectivity index (χ0) is 15.5. The fourth-order valence-electron chi connectivity index (χ4n) is 2.27. The topological polar surface area (TPSA) is 73.0 Å². The molecule has 2 heterocycles. The van der Waals surface area contributed by atoms with Crippen molar-refractivity contribution in [1.82, 2.24) is 20.0 Å². The minimum absolute atomic E-state index is 0.167. The van der Waals surface area contributed by atoms with E-state index in [1.54, 1.807) is 18.3 Å². The van der Waals surface area contributed by atoms with Crippen LogP contribution in [0.5, 0.6) is 0 Å². The zero-order valence-electron chi connectivity index (χ0n) is 12.4. The first-order valence-electron chi connectivity index (χ1n) is 6.92. The van der Waals surface area contributed by atoms with E-state index in [0.29, 0.717) is 17.8 Å². The highest BCUT2D eigenvalue weighted by Crippen LogP contribution is 2.21. The highest BCUT2D eigenvalue weighted by atomic mass is 16.5. The fourth-order valence-corrected chi connectivity index (χ4v) is 2.27. The van der Waals surface area contributed by atoms with Gasteiger partial charge in [0.1, 0.15) is 17.3 Å². The van der Waals surface area contributed by atoms with E-state index in [2.05, 4.69) is 15.5 Å². The molecule has 6 nitrogen and oxygen atoms in total. The van der Waals surface area contributed by atoms with Crippen LogP contribution in [0.3, 0.4) is 0 Å². The predicted octanol–water partition coefficient (Wildman–Crippen LogP) is 2.31. The van der Waals surface area contributed by atoms with Crippen LogP contribution in [0.25, 0.3) is 11.4 Å². The molecular weight excluding hydrogens is 280 g/mol. The second-order valence-corrected chi connectivity index (χ2v) is 5.02. The van der Waals surface area contributed by atoms with E-state index < -0.39 is 0 Å².